The van der Waals surface area contributed by atoms with Crippen LogP contribution < -0.4 is 10.6 Å². The molecule has 4 N–H and O–H groups in total. The number of carbonyl (C=O) groups excluding carboxylic acids is 5. The van der Waals surface area contributed by atoms with Crippen molar-refractivity contribution in [3.63, 3.8) is 0 Å². The number of carbonyl (C=O) groups is 5. The molecular weight excluding hydrogens is 558 g/mol. The van der Waals surface area contributed by atoms with Crippen molar-refractivity contribution < 1.29 is 34.2 Å². The van der Waals surface area contributed by atoms with Crippen LogP contribution in [-0.2, 0) is 25.6 Å². The fourth-order valence-electron chi connectivity index (χ4n) is 7.06. The Kier molecular flexibility index (Phi) is 7.49. The maximum Gasteiger partial charge on any atom is 0.235 e. The van der Waals surface area contributed by atoms with Crippen molar-refractivity contribution in [2.45, 2.75) is 37.8 Å². The number of Topliss-reactive ketones (excluding diaryl/α,β-unsaturated/α-hetero) is 4. The Morgan fingerprint density at radius 1 is 1.14 bits per heavy atom. The number of rotatable bonds is 6. The fourth-order valence-corrected chi connectivity index (χ4v) is 8.02. The number of likely N-dealkylation sites (N-methyl/N-ethyl adjacent to an activating group) is 1. The molecule has 0 saturated heterocycles. The van der Waals surface area contributed by atoms with E-state index in [9.17, 15) is 34.2 Å². The number of benzene rings is 1. The number of nitrogens with zero attached hydrogens (tertiary/aromatic N) is 2. The number of thiophene rings is 1. The number of primary amides is 1. The van der Waals surface area contributed by atoms with Crippen LogP contribution in [0.2, 0.25) is 0 Å². The van der Waals surface area contributed by atoms with Crippen LogP contribution in [0.4, 0.5) is 5.69 Å². The van der Waals surface area contributed by atoms with Crippen LogP contribution >= 0.6 is 11.3 Å². The van der Waals surface area contributed by atoms with Gasteiger partial charge >= 0.3 is 0 Å². The average Bonchev–Trinajstić information content (AvgIpc) is 3.37. The zero-order valence-corrected chi connectivity index (χ0v) is 25.0. The van der Waals surface area contributed by atoms with Gasteiger partial charge in [0.05, 0.1) is 17.5 Å². The normalized spacial score (nSPS) is 29.1. The lowest BCUT2D eigenvalue weighted by Gasteiger charge is -2.52. The summed E-state index contributed by atoms with van der Waals surface area (Å²) in [6.07, 6.45) is 5.09. The van der Waals surface area contributed by atoms with Crippen LogP contribution in [0.25, 0.3) is 16.5 Å². The highest BCUT2D eigenvalue weighted by atomic mass is 32.1. The zero-order chi connectivity index (χ0) is 30.8. The van der Waals surface area contributed by atoms with E-state index in [2.05, 4.69) is 0 Å². The number of phenols is 1. The Balaban J connectivity index is 1.66. The lowest BCUT2D eigenvalue weighted by atomic mass is 9.52. The van der Waals surface area contributed by atoms with Gasteiger partial charge in [-0.05, 0) is 69.1 Å². The van der Waals surface area contributed by atoms with Gasteiger partial charge in [-0.3, -0.25) is 28.9 Å². The lowest BCUT2D eigenvalue weighted by Crippen LogP contribution is -2.74. The van der Waals surface area contributed by atoms with E-state index in [1.807, 2.05) is 56.3 Å². The van der Waals surface area contributed by atoms with Gasteiger partial charge in [0.15, 0.2) is 34.7 Å². The third-order valence-corrected chi connectivity index (χ3v) is 10.0. The zero-order valence-electron chi connectivity index (χ0n) is 24.2. The molecule has 1 amide bonds. The maximum atomic E-state index is 14.2. The molecule has 6 unspecified atom stereocenters. The first kappa shape index (κ1) is 29.8. The standard InChI is InChI=1S/C31H35N3O7S/c1-6-7-8-15-9-10-20(42-15)17-13-19(33(2)3)16-11-14-12-18-24(34(4)5)27(37)23(30(32)40)29(39)31(18,41)28(38)21(14)26(36)22(16)25(17)35/h7-10,13-14,18,21,23-24,35,41H,6,11-12H2,1-5H3,(H2,32,40)/b8-7+. The molecule has 2 aromatic rings. The summed E-state index contributed by atoms with van der Waals surface area (Å²) in [7, 11) is 6.78. The largest absolute Gasteiger partial charge is 0.506 e. The van der Waals surface area contributed by atoms with E-state index in [1.165, 1.54) is 16.2 Å². The predicted molar refractivity (Wildman–Crippen MR) is 158 cm³/mol. The number of phenolic OH excluding ortho intramolecular Hbond substituents is 1. The third kappa shape index (κ3) is 4.25. The molecule has 5 rings (SSSR count). The minimum atomic E-state index is -2.75. The van der Waals surface area contributed by atoms with Crippen LogP contribution in [-0.4, -0.2) is 84.0 Å². The molecule has 1 heterocycles. The summed E-state index contributed by atoms with van der Waals surface area (Å²) in [6.45, 7) is 2.03. The van der Waals surface area contributed by atoms with Gasteiger partial charge < -0.3 is 20.8 Å². The van der Waals surface area contributed by atoms with Crippen molar-refractivity contribution in [2.24, 2.45) is 29.4 Å². The van der Waals surface area contributed by atoms with Crippen molar-refractivity contribution in [1.29, 1.82) is 0 Å². The highest BCUT2D eigenvalue weighted by molar-refractivity contribution is 7.16. The molecule has 0 radical (unpaired) electrons. The minimum Gasteiger partial charge on any atom is -0.506 e. The van der Waals surface area contributed by atoms with Gasteiger partial charge in [-0.25, -0.2) is 0 Å². The maximum absolute atomic E-state index is 14.2. The monoisotopic (exact) mass is 593 g/mol. The molecule has 42 heavy (non-hydrogen) atoms. The van der Waals surface area contributed by atoms with E-state index < -0.39 is 64.4 Å². The summed E-state index contributed by atoms with van der Waals surface area (Å²) >= 11 is 1.45. The van der Waals surface area contributed by atoms with Gasteiger partial charge in [-0.1, -0.05) is 13.0 Å². The van der Waals surface area contributed by atoms with Crippen LogP contribution in [0.5, 0.6) is 5.75 Å². The molecule has 10 nitrogen and oxygen atoms in total. The van der Waals surface area contributed by atoms with E-state index in [0.29, 0.717) is 16.8 Å². The van der Waals surface area contributed by atoms with Crippen LogP contribution in [0.3, 0.4) is 0 Å². The van der Waals surface area contributed by atoms with Crippen molar-refractivity contribution >= 4 is 52.1 Å². The molecule has 11 heteroatoms. The molecule has 1 aromatic carbocycles. The highest BCUT2D eigenvalue weighted by Crippen LogP contribution is 2.53. The van der Waals surface area contributed by atoms with Crippen molar-refractivity contribution in [1.82, 2.24) is 4.90 Å². The molecular formula is C31H35N3O7S. The second-order valence-corrected chi connectivity index (χ2v) is 13.0. The van der Waals surface area contributed by atoms with Crippen molar-refractivity contribution in [3.8, 4) is 16.2 Å². The first-order valence-electron chi connectivity index (χ1n) is 13.9. The summed E-state index contributed by atoms with van der Waals surface area (Å²) in [5.74, 6) is -10.5. The van der Waals surface area contributed by atoms with Crippen LogP contribution in [0.15, 0.2) is 24.3 Å². The summed E-state index contributed by atoms with van der Waals surface area (Å²) in [5, 5.41) is 23.3. The van der Waals surface area contributed by atoms with Gasteiger partial charge in [-0.2, -0.15) is 0 Å². The average molecular weight is 594 g/mol. The number of hydrogen-bond acceptors (Lipinski definition) is 10. The second-order valence-electron chi connectivity index (χ2n) is 11.8. The van der Waals surface area contributed by atoms with E-state index in [4.69, 9.17) is 5.73 Å². The third-order valence-electron chi connectivity index (χ3n) is 8.93. The number of aliphatic hydroxyl groups is 1. The van der Waals surface area contributed by atoms with Crippen LogP contribution in [0, 0.1) is 23.7 Å². The van der Waals surface area contributed by atoms with Crippen molar-refractivity contribution in [3.05, 3.63) is 40.3 Å². The van der Waals surface area contributed by atoms with E-state index in [-0.39, 0.29) is 24.2 Å². The molecule has 0 aliphatic heterocycles. The SMILES string of the molecule is CC/C=C/c1ccc(-c2cc(N(C)C)c3c(c2O)C(=O)C2C(=O)C4(O)C(=O)C(C(N)=O)C(=O)C(N(C)C)C4CC2C3)s1. The molecule has 3 aliphatic carbocycles. The lowest BCUT2D eigenvalue weighted by molar-refractivity contribution is -0.181. The quantitative estimate of drug-likeness (QED) is 0.427. The Hall–Kier alpha value is -3.67. The summed E-state index contributed by atoms with van der Waals surface area (Å²) < 4.78 is 0. The first-order valence-corrected chi connectivity index (χ1v) is 14.7. The van der Waals surface area contributed by atoms with Crippen molar-refractivity contribution in [2.75, 3.05) is 33.1 Å². The number of fused-ring (bicyclic) bond motifs is 3. The van der Waals surface area contributed by atoms with E-state index in [0.717, 1.165) is 16.2 Å². The number of aromatic hydroxyl groups is 1. The number of amides is 1. The van der Waals surface area contributed by atoms with Gasteiger partial charge in [0.2, 0.25) is 5.91 Å². The Morgan fingerprint density at radius 2 is 1.83 bits per heavy atom. The number of anilines is 1. The fraction of sp³-hybridized carbons (Fsp3) is 0.452. The molecule has 3 aliphatic rings. The van der Waals surface area contributed by atoms with Crippen LogP contribution in [0.1, 0.15) is 40.6 Å². The van der Waals surface area contributed by atoms with E-state index >= 15 is 0 Å². The minimum absolute atomic E-state index is 0.0112. The number of nitrogens with two attached hydrogens (primary N) is 1. The Morgan fingerprint density at radius 3 is 2.43 bits per heavy atom. The Bertz CT molecular complexity index is 1560. The molecule has 6 atom stereocenters. The molecule has 222 valence electrons. The molecule has 2 saturated carbocycles. The smallest absolute Gasteiger partial charge is 0.235 e. The molecule has 2 fully saturated rings. The van der Waals surface area contributed by atoms with Gasteiger partial charge in [0, 0.05) is 41.0 Å². The molecule has 1 aromatic heterocycles. The number of ketones is 4. The van der Waals surface area contributed by atoms with E-state index in [1.54, 1.807) is 14.1 Å². The molecule has 0 spiro atoms. The van der Waals surface area contributed by atoms with Gasteiger partial charge in [0.1, 0.15) is 5.75 Å². The van der Waals surface area contributed by atoms with Gasteiger partial charge in [-0.15, -0.1) is 11.3 Å². The van der Waals surface area contributed by atoms with Gasteiger partial charge in [0.25, 0.3) is 0 Å². The first-order chi connectivity index (χ1) is 19.7. The molecule has 0 bridgehead atoms. The topological polar surface area (TPSA) is 158 Å². The highest BCUT2D eigenvalue weighted by Gasteiger charge is 2.69. The summed E-state index contributed by atoms with van der Waals surface area (Å²) in [6, 6.07) is 4.48. The summed E-state index contributed by atoms with van der Waals surface area (Å²) in [4.78, 5) is 72.3. The Labute approximate surface area is 247 Å². The number of allylic oxidation sites excluding steroid dienone is 1. The number of hydrogen-bond donors (Lipinski definition) is 3. The predicted octanol–water partition coefficient (Wildman–Crippen LogP) is 2.08. The second kappa shape index (κ2) is 10.6. The summed E-state index contributed by atoms with van der Waals surface area (Å²) in [5.41, 5.74) is 4.34.